The van der Waals surface area contributed by atoms with Crippen LogP contribution in [0, 0.1) is 0 Å². The highest BCUT2D eigenvalue weighted by Crippen LogP contribution is 2.32. The third kappa shape index (κ3) is 4.94. The lowest BCUT2D eigenvalue weighted by Crippen LogP contribution is -2.34. The summed E-state index contributed by atoms with van der Waals surface area (Å²) in [5, 5.41) is 0. The van der Waals surface area contributed by atoms with Gasteiger partial charge in [0.15, 0.2) is 18.1 Å². The van der Waals surface area contributed by atoms with E-state index in [1.807, 2.05) is 25.1 Å². The molecule has 2 aromatic rings. The Morgan fingerprint density at radius 2 is 1.75 bits per heavy atom. The lowest BCUT2D eigenvalue weighted by Gasteiger charge is -2.21. The van der Waals surface area contributed by atoms with Gasteiger partial charge in [-0.05, 0) is 42.3 Å². The maximum atomic E-state index is 12.4. The summed E-state index contributed by atoms with van der Waals surface area (Å²) in [5.74, 6) is 1.40. The van der Waals surface area contributed by atoms with Crippen molar-refractivity contribution in [2.75, 3.05) is 27.1 Å². The molecule has 0 saturated carbocycles. The minimum absolute atomic E-state index is 0.103. The van der Waals surface area contributed by atoms with Crippen molar-refractivity contribution in [3.05, 3.63) is 53.6 Å². The zero-order chi connectivity index (χ0) is 19.9. The van der Waals surface area contributed by atoms with Crippen LogP contribution in [0.3, 0.4) is 0 Å². The van der Waals surface area contributed by atoms with Crippen LogP contribution in [0.5, 0.6) is 17.2 Å². The molecule has 28 heavy (non-hydrogen) atoms. The van der Waals surface area contributed by atoms with Crippen molar-refractivity contribution in [2.24, 2.45) is 0 Å². The zero-order valence-corrected chi connectivity index (χ0v) is 16.0. The van der Waals surface area contributed by atoms with Gasteiger partial charge in [0.1, 0.15) is 5.75 Å². The second-order valence-electron chi connectivity index (χ2n) is 6.28. The summed E-state index contributed by atoms with van der Waals surface area (Å²) in [5.41, 5.74) is 1.72. The number of nitrogens with zero attached hydrogens (tertiary/aromatic N) is 1. The van der Waals surface area contributed by atoms with Crippen molar-refractivity contribution in [3.63, 3.8) is 0 Å². The van der Waals surface area contributed by atoms with Crippen molar-refractivity contribution in [1.29, 1.82) is 0 Å². The van der Waals surface area contributed by atoms with E-state index in [0.717, 1.165) is 16.9 Å². The molecule has 3 rings (SSSR count). The lowest BCUT2D eigenvalue weighted by atomic mass is 10.1. The third-order valence-corrected chi connectivity index (χ3v) is 4.41. The van der Waals surface area contributed by atoms with Gasteiger partial charge in [0, 0.05) is 13.1 Å². The predicted molar refractivity (Wildman–Crippen MR) is 101 cm³/mol. The maximum Gasteiger partial charge on any atom is 0.310 e. The number of benzene rings is 2. The summed E-state index contributed by atoms with van der Waals surface area (Å²) in [6.45, 7) is 2.71. The first-order chi connectivity index (χ1) is 13.6. The Bertz CT molecular complexity index is 833. The van der Waals surface area contributed by atoms with E-state index in [9.17, 15) is 9.59 Å². The van der Waals surface area contributed by atoms with Crippen molar-refractivity contribution in [2.45, 2.75) is 19.9 Å². The van der Waals surface area contributed by atoms with Crippen LogP contribution in [0.4, 0.5) is 0 Å². The minimum Gasteiger partial charge on any atom is -0.497 e. The first kappa shape index (κ1) is 19.5. The quantitative estimate of drug-likeness (QED) is 0.650. The summed E-state index contributed by atoms with van der Waals surface area (Å²) < 4.78 is 20.9. The monoisotopic (exact) mass is 385 g/mol. The van der Waals surface area contributed by atoms with Crippen LogP contribution in [-0.2, 0) is 27.3 Å². The van der Waals surface area contributed by atoms with Gasteiger partial charge in [-0.1, -0.05) is 18.2 Å². The summed E-state index contributed by atoms with van der Waals surface area (Å²) in [7, 11) is 1.58. The van der Waals surface area contributed by atoms with Gasteiger partial charge in [0.2, 0.25) is 6.79 Å². The Hall–Kier alpha value is -3.22. The number of carbonyl (C=O) groups is 2. The molecule has 0 spiro atoms. The van der Waals surface area contributed by atoms with Crippen LogP contribution >= 0.6 is 0 Å². The Kier molecular flexibility index (Phi) is 6.37. The van der Waals surface area contributed by atoms with Crippen LogP contribution in [0.15, 0.2) is 42.5 Å². The van der Waals surface area contributed by atoms with E-state index < -0.39 is 5.97 Å². The Labute approximate surface area is 163 Å². The third-order valence-electron chi connectivity index (χ3n) is 4.41. The second kappa shape index (κ2) is 9.12. The van der Waals surface area contributed by atoms with Gasteiger partial charge in [-0.15, -0.1) is 0 Å². The topological polar surface area (TPSA) is 74.3 Å². The van der Waals surface area contributed by atoms with Gasteiger partial charge in [-0.3, -0.25) is 9.59 Å². The molecule has 0 aliphatic carbocycles. The highest BCUT2D eigenvalue weighted by molar-refractivity contribution is 5.81. The van der Waals surface area contributed by atoms with Gasteiger partial charge in [0.05, 0.1) is 13.5 Å². The number of ether oxygens (including phenoxy) is 4. The predicted octanol–water partition coefficient (Wildman–Crippen LogP) is 2.56. The number of carbonyl (C=O) groups excluding carboxylic acids is 2. The van der Waals surface area contributed by atoms with E-state index in [1.54, 1.807) is 36.3 Å². The fourth-order valence-electron chi connectivity index (χ4n) is 2.83. The molecule has 0 atom stereocenters. The summed E-state index contributed by atoms with van der Waals surface area (Å²) in [6, 6.07) is 12.7. The first-order valence-electron chi connectivity index (χ1n) is 9.04. The molecule has 0 N–H and O–H groups in total. The van der Waals surface area contributed by atoms with Crippen LogP contribution in [0.1, 0.15) is 18.1 Å². The number of esters is 1. The van der Waals surface area contributed by atoms with Gasteiger partial charge in [-0.25, -0.2) is 0 Å². The molecule has 2 aromatic carbocycles. The molecule has 1 amide bonds. The Balaban J connectivity index is 1.49. The second-order valence-corrected chi connectivity index (χ2v) is 6.28. The molecule has 1 heterocycles. The maximum absolute atomic E-state index is 12.4. The number of fused-ring (bicyclic) bond motifs is 1. The van der Waals surface area contributed by atoms with Gasteiger partial charge in [-0.2, -0.15) is 0 Å². The minimum atomic E-state index is -0.447. The van der Waals surface area contributed by atoms with E-state index in [2.05, 4.69) is 0 Å². The molecule has 0 fully saturated rings. The number of hydrogen-bond donors (Lipinski definition) is 0. The molecule has 1 aliphatic rings. The molecule has 0 bridgehead atoms. The highest BCUT2D eigenvalue weighted by atomic mass is 16.7. The fraction of sp³-hybridized carbons (Fsp3) is 0.333. The molecule has 1 aliphatic heterocycles. The van der Waals surface area contributed by atoms with E-state index in [4.69, 9.17) is 18.9 Å². The molecule has 0 unspecified atom stereocenters. The van der Waals surface area contributed by atoms with Crippen molar-refractivity contribution in [3.8, 4) is 17.2 Å². The molecule has 148 valence electrons. The molecule has 0 saturated heterocycles. The number of amides is 1. The van der Waals surface area contributed by atoms with Crippen molar-refractivity contribution < 1.29 is 28.5 Å². The van der Waals surface area contributed by atoms with Crippen LogP contribution in [0.25, 0.3) is 0 Å². The molecule has 7 heteroatoms. The number of methoxy groups -OCH3 is 1. The van der Waals surface area contributed by atoms with E-state index in [1.165, 1.54) is 0 Å². The van der Waals surface area contributed by atoms with Crippen molar-refractivity contribution >= 4 is 11.9 Å². The average molecular weight is 385 g/mol. The number of likely N-dealkylation sites (N-methyl/N-ethyl adjacent to an activating group) is 1. The standard InChI is InChI=1S/C21H23NO6/c1-3-22(12-16-6-9-18-19(10-16)28-14-27-18)20(23)13-26-21(24)11-15-4-7-17(25-2)8-5-15/h4-10H,3,11-14H2,1-2H3. The van der Waals surface area contributed by atoms with Crippen molar-refractivity contribution in [1.82, 2.24) is 4.90 Å². The molecule has 7 nitrogen and oxygen atoms in total. The summed E-state index contributed by atoms with van der Waals surface area (Å²) in [4.78, 5) is 26.1. The normalized spacial score (nSPS) is 11.8. The average Bonchev–Trinajstić information content (AvgIpc) is 3.18. The number of hydrogen-bond acceptors (Lipinski definition) is 6. The largest absolute Gasteiger partial charge is 0.497 e. The SMILES string of the molecule is CCN(Cc1ccc2c(c1)OCO2)C(=O)COC(=O)Cc1ccc(OC)cc1. The zero-order valence-electron chi connectivity index (χ0n) is 16.0. The lowest BCUT2D eigenvalue weighted by molar-refractivity contribution is -0.151. The van der Waals surface area contributed by atoms with E-state index in [0.29, 0.717) is 24.6 Å². The molecular formula is C21H23NO6. The summed E-state index contributed by atoms with van der Waals surface area (Å²) >= 11 is 0. The Morgan fingerprint density at radius 1 is 1.04 bits per heavy atom. The summed E-state index contributed by atoms with van der Waals surface area (Å²) in [6.07, 6.45) is 0.103. The van der Waals surface area contributed by atoms with Gasteiger partial charge in [0.25, 0.3) is 5.91 Å². The Morgan fingerprint density at radius 3 is 2.46 bits per heavy atom. The van der Waals surface area contributed by atoms with Crippen LogP contribution in [-0.4, -0.2) is 43.8 Å². The molecule has 0 radical (unpaired) electrons. The van der Waals surface area contributed by atoms with Gasteiger partial charge >= 0.3 is 5.97 Å². The smallest absolute Gasteiger partial charge is 0.310 e. The molecular weight excluding hydrogens is 362 g/mol. The first-order valence-corrected chi connectivity index (χ1v) is 9.04. The van der Waals surface area contributed by atoms with Crippen LogP contribution in [0.2, 0.25) is 0 Å². The van der Waals surface area contributed by atoms with E-state index in [-0.39, 0.29) is 25.7 Å². The van der Waals surface area contributed by atoms with Crippen LogP contribution < -0.4 is 14.2 Å². The molecule has 0 aromatic heterocycles. The fourth-order valence-corrected chi connectivity index (χ4v) is 2.83. The van der Waals surface area contributed by atoms with Gasteiger partial charge < -0.3 is 23.8 Å². The highest BCUT2D eigenvalue weighted by Gasteiger charge is 2.18. The van der Waals surface area contributed by atoms with E-state index >= 15 is 0 Å². The number of rotatable bonds is 8.